The first-order chi connectivity index (χ1) is 5.24. The van der Waals surface area contributed by atoms with Gasteiger partial charge in [0, 0.05) is 5.56 Å². The molecule has 0 heterocycles. The summed E-state index contributed by atoms with van der Waals surface area (Å²) in [6.45, 7) is 3.40. The van der Waals surface area contributed by atoms with Crippen LogP contribution in [0.4, 0.5) is 0 Å². The Labute approximate surface area is 94.2 Å². The fourth-order valence-corrected chi connectivity index (χ4v) is 0.783. The predicted octanol–water partition coefficient (Wildman–Crippen LogP) is 1.58. The molecule has 1 aromatic carbocycles. The Balaban J connectivity index is 0.00000121. The Bertz CT molecular complexity index is 254. The minimum absolute atomic E-state index is 0. The molecule has 1 rings (SSSR count). The molecule has 60 valence electrons. The molecule has 0 fully saturated rings. The normalized spacial score (nSPS) is 8.42. The van der Waals surface area contributed by atoms with Gasteiger partial charge in [-0.2, -0.15) is 0 Å². The molecular weight excluding hydrogens is 163 g/mol. The first-order valence-electron chi connectivity index (χ1n) is 3.26. The van der Waals surface area contributed by atoms with E-state index in [9.17, 15) is 0 Å². The molecule has 0 bridgehead atoms. The van der Waals surface area contributed by atoms with Crippen LogP contribution < -0.4 is 4.74 Å². The van der Waals surface area contributed by atoms with Gasteiger partial charge < -0.3 is 9.84 Å². The molecule has 0 atom stereocenters. The monoisotopic (exact) mass is 174 g/mol. The summed E-state index contributed by atoms with van der Waals surface area (Å²) >= 11 is 0. The van der Waals surface area contributed by atoms with Crippen molar-refractivity contribution >= 4 is 35.3 Å². The number of aliphatic hydroxyl groups excluding tert-OH is 1. The van der Waals surface area contributed by atoms with Gasteiger partial charge in [0.15, 0.2) is 0 Å². The van der Waals surface area contributed by atoms with E-state index in [2.05, 4.69) is 6.58 Å². The van der Waals surface area contributed by atoms with E-state index < -0.39 is 0 Å². The van der Waals surface area contributed by atoms with E-state index in [-0.39, 0.29) is 35.3 Å². The van der Waals surface area contributed by atoms with Gasteiger partial charge in [0.1, 0.15) is 11.5 Å². The number of benzene rings is 1. The van der Waals surface area contributed by atoms with Crippen molar-refractivity contribution in [2.24, 2.45) is 0 Å². The Morgan fingerprint density at radius 2 is 1.83 bits per heavy atom. The summed E-state index contributed by atoms with van der Waals surface area (Å²) in [5, 5.41) is 8.95. The third-order valence-corrected chi connectivity index (χ3v) is 1.42. The predicted molar refractivity (Wildman–Crippen MR) is 51.8 cm³/mol. The third kappa shape index (κ3) is 2.89. The van der Waals surface area contributed by atoms with Gasteiger partial charge in [-0.25, -0.2) is 0 Å². The summed E-state index contributed by atoms with van der Waals surface area (Å²) in [7, 11) is 1.60. The number of aliphatic hydroxyl groups is 1. The third-order valence-electron chi connectivity index (χ3n) is 1.42. The second-order valence-electron chi connectivity index (χ2n) is 2.18. The van der Waals surface area contributed by atoms with Crippen LogP contribution in [0, 0.1) is 0 Å². The van der Waals surface area contributed by atoms with Crippen molar-refractivity contribution in [1.29, 1.82) is 0 Å². The fraction of sp³-hybridized carbons (Fsp3) is 0.111. The average molecular weight is 174 g/mol. The quantitative estimate of drug-likeness (QED) is 0.544. The summed E-state index contributed by atoms with van der Waals surface area (Å²) in [4.78, 5) is 0. The van der Waals surface area contributed by atoms with Gasteiger partial charge in [-0.15, -0.1) is 0 Å². The Morgan fingerprint density at radius 1 is 1.33 bits per heavy atom. The standard InChI is InChI=1S/C9H10O2.Na.H/c1-7(10)8-3-5-9(11-2)6-4-8;;/h3-6,10H,1H2,2H3;;. The summed E-state index contributed by atoms with van der Waals surface area (Å²) in [6, 6.07) is 7.05. The van der Waals surface area contributed by atoms with Crippen molar-refractivity contribution in [2.75, 3.05) is 7.11 Å². The molecule has 12 heavy (non-hydrogen) atoms. The van der Waals surface area contributed by atoms with E-state index in [1.165, 1.54) is 0 Å². The molecule has 0 amide bonds. The van der Waals surface area contributed by atoms with Crippen LogP contribution in [0.5, 0.6) is 5.75 Å². The molecule has 1 aromatic rings. The van der Waals surface area contributed by atoms with Crippen LogP contribution in [-0.4, -0.2) is 41.8 Å². The Hall–Kier alpha value is -0.440. The SMILES string of the molecule is C=C(O)c1ccc(OC)cc1.[NaH]. The van der Waals surface area contributed by atoms with E-state index >= 15 is 0 Å². The molecule has 1 N–H and O–H groups in total. The molecular formula is C9H11NaO2. The zero-order valence-corrected chi connectivity index (χ0v) is 6.37. The maximum absolute atomic E-state index is 8.95. The van der Waals surface area contributed by atoms with Crippen molar-refractivity contribution in [3.8, 4) is 5.75 Å². The molecule has 2 nitrogen and oxygen atoms in total. The molecule has 0 unspecified atom stereocenters. The van der Waals surface area contributed by atoms with E-state index in [0.717, 1.165) is 5.75 Å². The fourth-order valence-electron chi connectivity index (χ4n) is 0.783. The summed E-state index contributed by atoms with van der Waals surface area (Å²) < 4.78 is 4.94. The van der Waals surface area contributed by atoms with Crippen LogP contribution in [0.15, 0.2) is 30.8 Å². The van der Waals surface area contributed by atoms with Gasteiger partial charge in [0.25, 0.3) is 0 Å². The van der Waals surface area contributed by atoms with Crippen molar-refractivity contribution in [3.63, 3.8) is 0 Å². The van der Waals surface area contributed by atoms with E-state index in [1.54, 1.807) is 31.4 Å². The first kappa shape index (κ1) is 11.6. The maximum atomic E-state index is 8.95. The molecule has 0 radical (unpaired) electrons. The molecule has 0 aromatic heterocycles. The number of hydrogen-bond donors (Lipinski definition) is 1. The minimum atomic E-state index is 0. The number of hydrogen-bond acceptors (Lipinski definition) is 2. The average Bonchev–Trinajstić information content (AvgIpc) is 2.05. The van der Waals surface area contributed by atoms with Crippen molar-refractivity contribution in [3.05, 3.63) is 36.4 Å². The van der Waals surface area contributed by atoms with Crippen molar-refractivity contribution in [1.82, 2.24) is 0 Å². The zero-order chi connectivity index (χ0) is 8.27. The van der Waals surface area contributed by atoms with Crippen molar-refractivity contribution in [2.45, 2.75) is 0 Å². The van der Waals surface area contributed by atoms with Gasteiger partial charge in [-0.1, -0.05) is 6.58 Å². The van der Waals surface area contributed by atoms with Crippen LogP contribution in [0.3, 0.4) is 0 Å². The topological polar surface area (TPSA) is 29.5 Å². The summed E-state index contributed by atoms with van der Waals surface area (Å²) in [6.07, 6.45) is 0. The summed E-state index contributed by atoms with van der Waals surface area (Å²) in [5.41, 5.74) is 0.714. The van der Waals surface area contributed by atoms with Crippen LogP contribution in [0.1, 0.15) is 5.56 Å². The van der Waals surface area contributed by atoms with Crippen molar-refractivity contribution < 1.29 is 9.84 Å². The second-order valence-corrected chi connectivity index (χ2v) is 2.18. The van der Waals surface area contributed by atoms with Gasteiger partial charge >= 0.3 is 29.6 Å². The number of methoxy groups -OCH3 is 1. The zero-order valence-electron chi connectivity index (χ0n) is 6.37. The van der Waals surface area contributed by atoms with Crippen LogP contribution in [0.25, 0.3) is 5.76 Å². The molecule has 0 aliphatic carbocycles. The van der Waals surface area contributed by atoms with Crippen LogP contribution in [-0.2, 0) is 0 Å². The molecule has 0 saturated carbocycles. The molecule has 0 spiro atoms. The van der Waals surface area contributed by atoms with Gasteiger partial charge in [0.2, 0.25) is 0 Å². The van der Waals surface area contributed by atoms with Gasteiger partial charge in [0.05, 0.1) is 7.11 Å². The number of rotatable bonds is 2. The second kappa shape index (κ2) is 5.25. The molecule has 3 heteroatoms. The first-order valence-corrected chi connectivity index (χ1v) is 3.26. The number of ether oxygens (including phenoxy) is 1. The van der Waals surface area contributed by atoms with Crippen LogP contribution in [0.2, 0.25) is 0 Å². The molecule has 0 aliphatic rings. The van der Waals surface area contributed by atoms with Gasteiger partial charge in [-0.3, -0.25) is 0 Å². The Morgan fingerprint density at radius 3 is 2.17 bits per heavy atom. The summed E-state index contributed by atoms with van der Waals surface area (Å²) in [5.74, 6) is 0.850. The van der Waals surface area contributed by atoms with E-state index in [0.29, 0.717) is 5.56 Å². The molecule has 0 aliphatic heterocycles. The van der Waals surface area contributed by atoms with E-state index in [1.807, 2.05) is 0 Å². The van der Waals surface area contributed by atoms with Crippen LogP contribution >= 0.6 is 0 Å². The molecule has 0 saturated heterocycles. The van der Waals surface area contributed by atoms with Gasteiger partial charge in [-0.05, 0) is 24.3 Å². The van der Waals surface area contributed by atoms with E-state index in [4.69, 9.17) is 9.84 Å². The Kier molecular flexibility index (Phi) is 5.06.